The van der Waals surface area contributed by atoms with Crippen molar-refractivity contribution in [2.75, 3.05) is 12.3 Å². The lowest BCUT2D eigenvalue weighted by Gasteiger charge is -2.04. The molecule has 0 spiro atoms. The number of nitrogens with two attached hydrogens (primary N) is 1. The van der Waals surface area contributed by atoms with E-state index in [1.165, 1.54) is 4.68 Å². The number of aromatic nitrogens is 4. The van der Waals surface area contributed by atoms with Crippen LogP contribution in [0, 0.1) is 0 Å². The molecule has 0 unspecified atom stereocenters. The molecule has 2 N–H and O–H groups in total. The summed E-state index contributed by atoms with van der Waals surface area (Å²) in [6, 6.07) is 1.71. The quantitative estimate of drug-likeness (QED) is 0.931. The van der Waals surface area contributed by atoms with Gasteiger partial charge < -0.3 is 10.5 Å². The molecule has 0 aromatic carbocycles. The van der Waals surface area contributed by atoms with Crippen molar-refractivity contribution in [2.24, 2.45) is 0 Å². The Morgan fingerprint density at radius 2 is 2.35 bits per heavy atom. The molecule has 17 heavy (non-hydrogen) atoms. The molecule has 0 radical (unpaired) electrons. The highest BCUT2D eigenvalue weighted by atomic mass is 79.9. The number of hydrogen-bond donors (Lipinski definition) is 1. The van der Waals surface area contributed by atoms with Gasteiger partial charge in [-0.05, 0) is 22.4 Å². The van der Waals surface area contributed by atoms with Crippen LogP contribution in [0.15, 0.2) is 22.9 Å². The molecule has 0 aliphatic rings. The van der Waals surface area contributed by atoms with E-state index in [0.717, 1.165) is 6.42 Å². The molecular formula is C10H12BrN5O. The minimum atomic E-state index is 0.397. The maximum absolute atomic E-state index is 5.63. The average Bonchev–Trinajstić information content (AvgIpc) is 2.68. The minimum absolute atomic E-state index is 0.397. The third-order valence-corrected chi connectivity index (χ3v) is 2.58. The molecule has 2 heterocycles. The Morgan fingerprint density at radius 3 is 3.00 bits per heavy atom. The zero-order valence-electron chi connectivity index (χ0n) is 9.30. The van der Waals surface area contributed by atoms with Crippen molar-refractivity contribution >= 4 is 21.7 Å². The second kappa shape index (κ2) is 5.13. The molecule has 0 bridgehead atoms. The van der Waals surface area contributed by atoms with Gasteiger partial charge in [-0.25, -0.2) is 9.67 Å². The average molecular weight is 298 g/mol. The fraction of sp³-hybridized carbons (Fsp3) is 0.300. The van der Waals surface area contributed by atoms with Gasteiger partial charge in [-0.15, -0.1) is 5.10 Å². The van der Waals surface area contributed by atoms with E-state index in [4.69, 9.17) is 10.5 Å². The summed E-state index contributed by atoms with van der Waals surface area (Å²) in [7, 11) is 0. The molecule has 2 rings (SSSR count). The number of rotatable bonds is 4. The summed E-state index contributed by atoms with van der Waals surface area (Å²) in [5, 5.41) is 4.07. The maximum atomic E-state index is 5.63. The van der Waals surface area contributed by atoms with Crippen molar-refractivity contribution in [1.82, 2.24) is 19.7 Å². The van der Waals surface area contributed by atoms with Crippen LogP contribution < -0.4 is 10.5 Å². The van der Waals surface area contributed by atoms with Crippen LogP contribution in [0.25, 0.3) is 5.95 Å². The van der Waals surface area contributed by atoms with Crippen LogP contribution in [0.1, 0.15) is 13.3 Å². The zero-order valence-corrected chi connectivity index (χ0v) is 10.9. The summed E-state index contributed by atoms with van der Waals surface area (Å²) in [6.45, 7) is 2.66. The van der Waals surface area contributed by atoms with Crippen LogP contribution in [-0.4, -0.2) is 26.4 Å². The molecule has 90 valence electrons. The van der Waals surface area contributed by atoms with Gasteiger partial charge in [0.25, 0.3) is 5.95 Å². The van der Waals surface area contributed by atoms with Crippen LogP contribution in [0.4, 0.5) is 5.82 Å². The molecule has 0 atom stereocenters. The second-order valence-corrected chi connectivity index (χ2v) is 4.20. The van der Waals surface area contributed by atoms with E-state index in [-0.39, 0.29) is 0 Å². The molecule has 2 aromatic rings. The van der Waals surface area contributed by atoms with Gasteiger partial charge in [0.2, 0.25) is 5.88 Å². The largest absolute Gasteiger partial charge is 0.478 e. The number of halogens is 1. The highest BCUT2D eigenvalue weighted by molar-refractivity contribution is 9.10. The van der Waals surface area contributed by atoms with Crippen LogP contribution in [0.3, 0.4) is 0 Å². The van der Waals surface area contributed by atoms with Crippen LogP contribution >= 0.6 is 15.9 Å². The zero-order chi connectivity index (χ0) is 12.3. The highest BCUT2D eigenvalue weighted by Crippen LogP contribution is 2.18. The van der Waals surface area contributed by atoms with Crippen molar-refractivity contribution in [2.45, 2.75) is 13.3 Å². The van der Waals surface area contributed by atoms with Crippen LogP contribution in [0.2, 0.25) is 0 Å². The Bertz CT molecular complexity index is 494. The number of nitrogens with zero attached hydrogens (tertiary/aromatic N) is 4. The Hall–Kier alpha value is -1.63. The molecule has 0 saturated carbocycles. The number of hydrogen-bond acceptors (Lipinski definition) is 5. The van der Waals surface area contributed by atoms with Gasteiger partial charge in [-0.2, -0.15) is 4.98 Å². The van der Waals surface area contributed by atoms with Gasteiger partial charge in [0.1, 0.15) is 0 Å². The van der Waals surface area contributed by atoms with Crippen molar-refractivity contribution in [3.05, 3.63) is 22.9 Å². The summed E-state index contributed by atoms with van der Waals surface area (Å²) in [5.41, 5.74) is 5.63. The van der Waals surface area contributed by atoms with E-state index < -0.39 is 0 Å². The fourth-order valence-corrected chi connectivity index (χ4v) is 1.47. The first-order chi connectivity index (χ1) is 8.20. The topological polar surface area (TPSA) is 78.9 Å². The van der Waals surface area contributed by atoms with Gasteiger partial charge >= 0.3 is 0 Å². The first-order valence-corrected chi connectivity index (χ1v) is 5.97. The van der Waals surface area contributed by atoms with Crippen molar-refractivity contribution in [3.8, 4) is 11.8 Å². The third-order valence-electron chi connectivity index (χ3n) is 1.97. The summed E-state index contributed by atoms with van der Waals surface area (Å²) in [6.07, 6.45) is 4.26. The van der Waals surface area contributed by atoms with Crippen molar-refractivity contribution in [1.29, 1.82) is 0 Å². The second-order valence-electron chi connectivity index (χ2n) is 3.35. The predicted molar refractivity (Wildman–Crippen MR) is 67.1 cm³/mol. The van der Waals surface area contributed by atoms with E-state index in [1.807, 2.05) is 6.92 Å². The Kier molecular flexibility index (Phi) is 3.58. The fourth-order valence-electron chi connectivity index (χ4n) is 1.20. The standard InChI is InChI=1S/C10H12BrN5O/c1-2-5-17-8-3-4-13-10(14-8)16-6-7(11)9(12)15-16/h3-4,6H,2,5H2,1H3,(H2,12,15). The summed E-state index contributed by atoms with van der Waals surface area (Å²) < 4.78 is 7.63. The maximum Gasteiger partial charge on any atom is 0.253 e. The van der Waals surface area contributed by atoms with Gasteiger partial charge in [-0.1, -0.05) is 6.92 Å². The number of ether oxygens (including phenoxy) is 1. The monoisotopic (exact) mass is 297 g/mol. The van der Waals surface area contributed by atoms with Crippen molar-refractivity contribution in [3.63, 3.8) is 0 Å². The first-order valence-electron chi connectivity index (χ1n) is 5.17. The summed E-state index contributed by atoms with van der Waals surface area (Å²) in [5.74, 6) is 1.35. The molecule has 6 nitrogen and oxygen atoms in total. The van der Waals surface area contributed by atoms with E-state index in [2.05, 4.69) is 31.0 Å². The molecule has 0 saturated heterocycles. The third kappa shape index (κ3) is 2.73. The summed E-state index contributed by atoms with van der Waals surface area (Å²) >= 11 is 3.28. The molecule has 0 fully saturated rings. The van der Waals surface area contributed by atoms with Gasteiger partial charge in [0.05, 0.1) is 17.3 Å². The lowest BCUT2D eigenvalue weighted by molar-refractivity contribution is 0.304. The SMILES string of the molecule is CCCOc1ccnc(-n2cc(Br)c(N)n2)n1. The number of anilines is 1. The molecular weight excluding hydrogens is 286 g/mol. The Balaban J connectivity index is 2.26. The van der Waals surface area contributed by atoms with E-state index in [1.54, 1.807) is 18.5 Å². The summed E-state index contributed by atoms with van der Waals surface area (Å²) in [4.78, 5) is 8.33. The Morgan fingerprint density at radius 1 is 1.53 bits per heavy atom. The molecule has 2 aromatic heterocycles. The molecule has 0 aliphatic carbocycles. The smallest absolute Gasteiger partial charge is 0.253 e. The lowest BCUT2D eigenvalue weighted by atomic mass is 10.5. The molecule has 0 amide bonds. The highest BCUT2D eigenvalue weighted by Gasteiger charge is 2.07. The first kappa shape index (κ1) is 11.8. The minimum Gasteiger partial charge on any atom is -0.478 e. The van der Waals surface area contributed by atoms with Crippen LogP contribution in [0.5, 0.6) is 5.88 Å². The normalized spacial score (nSPS) is 10.5. The Labute approximate surface area is 107 Å². The van der Waals surface area contributed by atoms with E-state index in [0.29, 0.717) is 28.7 Å². The van der Waals surface area contributed by atoms with Gasteiger partial charge in [-0.3, -0.25) is 0 Å². The van der Waals surface area contributed by atoms with Crippen LogP contribution in [-0.2, 0) is 0 Å². The van der Waals surface area contributed by atoms with Crippen molar-refractivity contribution < 1.29 is 4.74 Å². The number of nitrogen functional groups attached to an aromatic ring is 1. The lowest BCUT2D eigenvalue weighted by Crippen LogP contribution is -2.05. The van der Waals surface area contributed by atoms with E-state index >= 15 is 0 Å². The molecule has 7 heteroatoms. The van der Waals surface area contributed by atoms with Gasteiger partial charge in [0.15, 0.2) is 5.82 Å². The predicted octanol–water partition coefficient (Wildman–Crippen LogP) is 1.80. The molecule has 0 aliphatic heterocycles. The van der Waals surface area contributed by atoms with E-state index in [9.17, 15) is 0 Å². The van der Waals surface area contributed by atoms with Gasteiger partial charge in [0, 0.05) is 12.3 Å².